The highest BCUT2D eigenvalue weighted by molar-refractivity contribution is 6.28. The average molecular weight is 354 g/mol. The fraction of sp³-hybridized carbons (Fsp3) is 0.400. The third-order valence-electron chi connectivity index (χ3n) is 4.78. The molecule has 3 rings (SSSR count). The van der Waals surface area contributed by atoms with Crippen LogP contribution in [0.15, 0.2) is 21.7 Å². The zero-order chi connectivity index (χ0) is 19.0. The highest BCUT2D eigenvalue weighted by Crippen LogP contribution is 2.29. The third-order valence-corrected chi connectivity index (χ3v) is 4.78. The summed E-state index contributed by atoms with van der Waals surface area (Å²) in [7, 11) is 0. The van der Waals surface area contributed by atoms with E-state index in [0.717, 1.165) is 19.3 Å². The molecule has 1 aliphatic carbocycles. The number of aromatic nitrogens is 2. The van der Waals surface area contributed by atoms with Gasteiger partial charge in [-0.15, -0.1) is 0 Å². The van der Waals surface area contributed by atoms with Gasteiger partial charge < -0.3 is 9.55 Å². The van der Waals surface area contributed by atoms with Crippen molar-refractivity contribution in [3.63, 3.8) is 0 Å². The standard InChI is InChI=1S/C20H22N2O4/c1-4-6-8-22-14(24)10-12(7-5-2)16-18(22)20(26)17-15(19(16)25)11(3)9-13(23)21-17/h9-10H,4-8H2,1-3H3,(H,21,23). The van der Waals surface area contributed by atoms with Crippen molar-refractivity contribution in [2.75, 3.05) is 0 Å². The second-order valence-corrected chi connectivity index (χ2v) is 6.71. The predicted molar refractivity (Wildman–Crippen MR) is 98.3 cm³/mol. The second kappa shape index (κ2) is 6.86. The average Bonchev–Trinajstić information content (AvgIpc) is 2.58. The van der Waals surface area contributed by atoms with Gasteiger partial charge in [0.25, 0.3) is 5.56 Å². The molecule has 2 aromatic rings. The molecule has 2 aromatic heterocycles. The molecule has 0 fully saturated rings. The number of fused-ring (bicyclic) bond motifs is 2. The minimum atomic E-state index is -0.457. The van der Waals surface area contributed by atoms with Crippen molar-refractivity contribution in [2.45, 2.75) is 53.0 Å². The maximum Gasteiger partial charge on any atom is 0.251 e. The molecule has 136 valence electrons. The number of rotatable bonds is 5. The first-order chi connectivity index (χ1) is 12.4. The van der Waals surface area contributed by atoms with Crippen LogP contribution in [0.2, 0.25) is 0 Å². The van der Waals surface area contributed by atoms with Crippen LogP contribution in [0.25, 0.3) is 0 Å². The van der Waals surface area contributed by atoms with Crippen LogP contribution in [-0.2, 0) is 13.0 Å². The summed E-state index contributed by atoms with van der Waals surface area (Å²) in [5.41, 5.74) is 1.03. The van der Waals surface area contributed by atoms with Gasteiger partial charge in [0, 0.05) is 18.7 Å². The van der Waals surface area contributed by atoms with E-state index in [1.807, 2.05) is 13.8 Å². The molecule has 6 nitrogen and oxygen atoms in total. The smallest absolute Gasteiger partial charge is 0.251 e. The number of unbranched alkanes of at least 4 members (excludes halogenated alkanes) is 1. The van der Waals surface area contributed by atoms with Crippen LogP contribution in [0.3, 0.4) is 0 Å². The molecule has 0 aromatic carbocycles. The summed E-state index contributed by atoms with van der Waals surface area (Å²) >= 11 is 0. The maximum atomic E-state index is 13.2. The Morgan fingerprint density at radius 3 is 2.35 bits per heavy atom. The Morgan fingerprint density at radius 1 is 0.962 bits per heavy atom. The number of aryl methyl sites for hydroxylation is 2. The molecule has 0 saturated carbocycles. The van der Waals surface area contributed by atoms with Gasteiger partial charge in [-0.25, -0.2) is 0 Å². The molecule has 26 heavy (non-hydrogen) atoms. The van der Waals surface area contributed by atoms with Gasteiger partial charge in [0.2, 0.25) is 11.3 Å². The highest BCUT2D eigenvalue weighted by atomic mass is 16.2. The van der Waals surface area contributed by atoms with Crippen molar-refractivity contribution < 1.29 is 9.59 Å². The van der Waals surface area contributed by atoms with E-state index in [9.17, 15) is 19.2 Å². The molecule has 0 radical (unpaired) electrons. The third kappa shape index (κ3) is 2.75. The largest absolute Gasteiger partial charge is 0.318 e. The number of H-pyrrole nitrogens is 1. The van der Waals surface area contributed by atoms with Crippen LogP contribution in [0.5, 0.6) is 0 Å². The minimum absolute atomic E-state index is 0.00852. The normalized spacial score (nSPS) is 12.9. The second-order valence-electron chi connectivity index (χ2n) is 6.71. The topological polar surface area (TPSA) is 89.0 Å². The molecule has 0 atom stereocenters. The lowest BCUT2D eigenvalue weighted by Crippen LogP contribution is -2.36. The Morgan fingerprint density at radius 2 is 1.69 bits per heavy atom. The monoisotopic (exact) mass is 354 g/mol. The first-order valence-electron chi connectivity index (χ1n) is 9.00. The van der Waals surface area contributed by atoms with Crippen LogP contribution >= 0.6 is 0 Å². The summed E-state index contributed by atoms with van der Waals surface area (Å²) in [6.07, 6.45) is 2.87. The zero-order valence-corrected chi connectivity index (χ0v) is 15.3. The molecule has 0 spiro atoms. The first-order valence-corrected chi connectivity index (χ1v) is 9.00. The number of pyridine rings is 2. The van der Waals surface area contributed by atoms with E-state index in [0.29, 0.717) is 29.7 Å². The van der Waals surface area contributed by atoms with Gasteiger partial charge in [-0.3, -0.25) is 19.2 Å². The Labute approximate surface area is 150 Å². The van der Waals surface area contributed by atoms with Crippen molar-refractivity contribution in [3.8, 4) is 0 Å². The Bertz CT molecular complexity index is 1030. The lowest BCUT2D eigenvalue weighted by Gasteiger charge is -2.24. The molecule has 0 bridgehead atoms. The lowest BCUT2D eigenvalue weighted by atomic mass is 9.84. The molecule has 6 heteroatoms. The predicted octanol–water partition coefficient (Wildman–Crippen LogP) is 2.37. The summed E-state index contributed by atoms with van der Waals surface area (Å²) in [6, 6.07) is 2.80. The van der Waals surface area contributed by atoms with Crippen molar-refractivity contribution in [3.05, 3.63) is 66.5 Å². The number of nitrogens with one attached hydrogen (secondary N) is 1. The number of aromatic amines is 1. The molecular formula is C20H22N2O4. The van der Waals surface area contributed by atoms with E-state index in [2.05, 4.69) is 4.98 Å². The summed E-state index contributed by atoms with van der Waals surface area (Å²) < 4.78 is 1.39. The van der Waals surface area contributed by atoms with Crippen LogP contribution in [-0.4, -0.2) is 21.1 Å². The number of carbonyl (C=O) groups excluding carboxylic acids is 2. The quantitative estimate of drug-likeness (QED) is 0.762. The van der Waals surface area contributed by atoms with Gasteiger partial charge in [0.1, 0.15) is 11.4 Å². The van der Waals surface area contributed by atoms with Crippen molar-refractivity contribution >= 4 is 11.6 Å². The molecule has 2 heterocycles. The molecule has 0 unspecified atom stereocenters. The van der Waals surface area contributed by atoms with E-state index in [1.165, 1.54) is 16.7 Å². The summed E-state index contributed by atoms with van der Waals surface area (Å²) in [4.78, 5) is 53.4. The van der Waals surface area contributed by atoms with E-state index in [1.54, 1.807) is 6.92 Å². The van der Waals surface area contributed by atoms with E-state index in [4.69, 9.17) is 0 Å². The van der Waals surface area contributed by atoms with Crippen LogP contribution in [0.1, 0.15) is 76.3 Å². The summed E-state index contributed by atoms with van der Waals surface area (Å²) in [5, 5.41) is 0. The summed E-state index contributed by atoms with van der Waals surface area (Å²) in [6.45, 7) is 5.97. The number of carbonyl (C=O) groups is 2. The van der Waals surface area contributed by atoms with Crippen LogP contribution in [0, 0.1) is 6.92 Å². The van der Waals surface area contributed by atoms with Crippen LogP contribution in [0.4, 0.5) is 0 Å². The molecule has 1 aliphatic rings. The first kappa shape index (κ1) is 18.0. The van der Waals surface area contributed by atoms with E-state index >= 15 is 0 Å². The number of ketones is 2. The van der Waals surface area contributed by atoms with E-state index < -0.39 is 11.3 Å². The Balaban J connectivity index is 2.37. The van der Waals surface area contributed by atoms with Gasteiger partial charge in [-0.1, -0.05) is 26.7 Å². The lowest BCUT2D eigenvalue weighted by molar-refractivity contribution is 0.0964. The SMILES string of the molecule is CCCCn1c2c(c(CCC)cc1=O)C(=O)c1c(C)cc(=O)[nH]c1C2=O. The van der Waals surface area contributed by atoms with Crippen molar-refractivity contribution in [2.24, 2.45) is 0 Å². The zero-order valence-electron chi connectivity index (χ0n) is 15.3. The maximum absolute atomic E-state index is 13.2. The van der Waals surface area contributed by atoms with Crippen molar-refractivity contribution in [1.82, 2.24) is 9.55 Å². The molecule has 0 amide bonds. The molecule has 0 saturated heterocycles. The number of hydrogen-bond donors (Lipinski definition) is 1. The fourth-order valence-electron chi connectivity index (χ4n) is 3.58. The van der Waals surface area contributed by atoms with Crippen molar-refractivity contribution in [1.29, 1.82) is 0 Å². The number of nitrogens with zero attached hydrogens (tertiary/aromatic N) is 1. The van der Waals surface area contributed by atoms with Gasteiger partial charge in [0.15, 0.2) is 5.78 Å². The Kier molecular flexibility index (Phi) is 4.76. The fourth-order valence-corrected chi connectivity index (χ4v) is 3.58. The summed E-state index contributed by atoms with van der Waals surface area (Å²) in [5.74, 6) is -0.751. The Hall–Kier alpha value is -2.76. The van der Waals surface area contributed by atoms with Gasteiger partial charge in [0.05, 0.1) is 11.1 Å². The van der Waals surface area contributed by atoms with Gasteiger partial charge in [-0.2, -0.15) is 0 Å². The number of hydrogen-bond acceptors (Lipinski definition) is 4. The van der Waals surface area contributed by atoms with Crippen LogP contribution < -0.4 is 11.1 Å². The van der Waals surface area contributed by atoms with Gasteiger partial charge in [-0.05, 0) is 30.9 Å². The molecule has 1 N–H and O–H groups in total. The molecule has 0 aliphatic heterocycles. The highest BCUT2D eigenvalue weighted by Gasteiger charge is 2.36. The van der Waals surface area contributed by atoms with E-state index in [-0.39, 0.29) is 28.3 Å². The minimum Gasteiger partial charge on any atom is -0.318 e. The van der Waals surface area contributed by atoms with Gasteiger partial charge >= 0.3 is 0 Å². The molecular weight excluding hydrogens is 332 g/mol.